The van der Waals surface area contributed by atoms with E-state index in [1.165, 1.54) is 0 Å². The molecule has 5 atom stereocenters. The number of hydrogen-bond donors (Lipinski definition) is 0. The second-order valence-electron chi connectivity index (χ2n) is 6.49. The van der Waals surface area contributed by atoms with Crippen LogP contribution in [0.4, 0.5) is 4.79 Å². The molecule has 1 saturated heterocycles. The first-order valence-electron chi connectivity index (χ1n) is 7.00. The first-order valence-corrected chi connectivity index (χ1v) is 7.00. The fourth-order valence-corrected chi connectivity index (χ4v) is 3.34. The first kappa shape index (κ1) is 12.8. The molecular formula is C14H20O5. The van der Waals surface area contributed by atoms with E-state index in [1.54, 1.807) is 0 Å². The van der Waals surface area contributed by atoms with Gasteiger partial charge in [0.2, 0.25) is 0 Å². The molecule has 0 radical (unpaired) electrons. The number of rotatable bonds is 3. The number of hydrogen-bond acceptors (Lipinski definition) is 5. The van der Waals surface area contributed by atoms with Gasteiger partial charge in [0.15, 0.2) is 0 Å². The van der Waals surface area contributed by atoms with E-state index >= 15 is 0 Å². The van der Waals surface area contributed by atoms with Crippen LogP contribution in [0.2, 0.25) is 0 Å². The molecule has 19 heavy (non-hydrogen) atoms. The summed E-state index contributed by atoms with van der Waals surface area (Å²) in [5.41, 5.74) is -0.454. The zero-order valence-electron chi connectivity index (χ0n) is 11.5. The Kier molecular flexibility index (Phi) is 2.76. The van der Waals surface area contributed by atoms with Crippen molar-refractivity contribution in [2.24, 2.45) is 17.3 Å². The van der Waals surface area contributed by atoms with Gasteiger partial charge in [-0.2, -0.15) is 0 Å². The van der Waals surface area contributed by atoms with Crippen molar-refractivity contribution in [3.8, 4) is 0 Å². The average Bonchev–Trinajstić information content (AvgIpc) is 2.99. The van der Waals surface area contributed by atoms with Crippen molar-refractivity contribution in [2.75, 3.05) is 0 Å². The average molecular weight is 268 g/mol. The smallest absolute Gasteiger partial charge is 0.462 e. The fraction of sp³-hybridized carbons (Fsp3) is 0.857. The second-order valence-corrected chi connectivity index (χ2v) is 6.49. The third-order valence-corrected chi connectivity index (χ3v) is 4.96. The molecule has 0 spiro atoms. The van der Waals surface area contributed by atoms with Gasteiger partial charge >= 0.3 is 12.1 Å². The molecule has 0 aromatic heterocycles. The molecule has 1 heterocycles. The molecule has 3 fully saturated rings. The highest BCUT2D eigenvalue weighted by molar-refractivity contribution is 5.76. The lowest BCUT2D eigenvalue weighted by atomic mass is 9.89. The van der Waals surface area contributed by atoms with Crippen molar-refractivity contribution in [1.29, 1.82) is 0 Å². The number of carbonyl (C=O) groups is 2. The summed E-state index contributed by atoms with van der Waals surface area (Å²) in [5.74, 6) is 0.233. The summed E-state index contributed by atoms with van der Waals surface area (Å²) in [7, 11) is 0. The monoisotopic (exact) mass is 268 g/mol. The zero-order chi connectivity index (χ0) is 13.8. The SMILES string of the molecule is CCC(C)(C)C(=O)OC1CC2CC1C1OC(=O)OC21. The molecule has 3 rings (SSSR count). The molecular weight excluding hydrogens is 248 g/mol. The van der Waals surface area contributed by atoms with Gasteiger partial charge in [-0.25, -0.2) is 4.79 Å². The largest absolute Gasteiger partial charge is 0.509 e. The van der Waals surface area contributed by atoms with Gasteiger partial charge in [0.1, 0.15) is 18.3 Å². The first-order chi connectivity index (χ1) is 8.92. The van der Waals surface area contributed by atoms with Crippen LogP contribution in [0.15, 0.2) is 0 Å². The summed E-state index contributed by atoms with van der Waals surface area (Å²) in [6.45, 7) is 5.76. The summed E-state index contributed by atoms with van der Waals surface area (Å²) < 4.78 is 16.0. The standard InChI is InChI=1S/C14H20O5/c1-4-14(2,3)12(15)17-9-6-7-5-8(9)11-10(7)18-13(16)19-11/h7-11H,4-6H2,1-3H3. The van der Waals surface area contributed by atoms with Gasteiger partial charge in [-0.15, -0.1) is 0 Å². The second kappa shape index (κ2) is 4.12. The molecule has 2 bridgehead atoms. The van der Waals surface area contributed by atoms with Gasteiger partial charge in [-0.1, -0.05) is 6.92 Å². The lowest BCUT2D eigenvalue weighted by Crippen LogP contribution is -2.41. The number of esters is 1. The number of ether oxygens (including phenoxy) is 3. The molecule has 0 N–H and O–H groups in total. The highest BCUT2D eigenvalue weighted by Crippen LogP contribution is 2.51. The van der Waals surface area contributed by atoms with E-state index in [4.69, 9.17) is 14.2 Å². The van der Waals surface area contributed by atoms with Gasteiger partial charge < -0.3 is 14.2 Å². The van der Waals surface area contributed by atoms with E-state index in [9.17, 15) is 9.59 Å². The maximum Gasteiger partial charge on any atom is 0.509 e. The summed E-state index contributed by atoms with van der Waals surface area (Å²) in [6, 6.07) is 0. The van der Waals surface area contributed by atoms with E-state index < -0.39 is 11.6 Å². The van der Waals surface area contributed by atoms with Crippen LogP contribution in [0.1, 0.15) is 40.0 Å². The molecule has 1 aliphatic heterocycles. The summed E-state index contributed by atoms with van der Waals surface area (Å²) in [4.78, 5) is 23.3. The Balaban J connectivity index is 1.66. The predicted octanol–water partition coefficient (Wildman–Crippen LogP) is 2.28. The summed E-state index contributed by atoms with van der Waals surface area (Å²) >= 11 is 0. The minimum atomic E-state index is -0.578. The van der Waals surface area contributed by atoms with Crippen LogP contribution in [-0.4, -0.2) is 30.4 Å². The topological polar surface area (TPSA) is 61.8 Å². The Labute approximate surface area is 112 Å². The Morgan fingerprint density at radius 3 is 2.68 bits per heavy atom. The van der Waals surface area contributed by atoms with Gasteiger partial charge in [0.05, 0.1) is 5.41 Å². The third-order valence-electron chi connectivity index (χ3n) is 4.96. The van der Waals surface area contributed by atoms with E-state index in [0.717, 1.165) is 19.3 Å². The predicted molar refractivity (Wildman–Crippen MR) is 65.3 cm³/mol. The normalized spacial score (nSPS) is 39.7. The van der Waals surface area contributed by atoms with Gasteiger partial charge in [0, 0.05) is 11.8 Å². The highest BCUT2D eigenvalue weighted by Gasteiger charge is 2.61. The molecule has 0 aromatic rings. The number of carbonyl (C=O) groups excluding carboxylic acids is 2. The minimum Gasteiger partial charge on any atom is -0.462 e. The molecule has 5 nitrogen and oxygen atoms in total. The quantitative estimate of drug-likeness (QED) is 0.735. The molecule has 3 aliphatic rings. The van der Waals surface area contributed by atoms with Crippen LogP contribution < -0.4 is 0 Å². The van der Waals surface area contributed by atoms with E-state index in [-0.39, 0.29) is 36.1 Å². The third kappa shape index (κ3) is 1.90. The molecule has 0 amide bonds. The Bertz CT molecular complexity index is 416. The number of fused-ring (bicyclic) bond motifs is 5. The van der Waals surface area contributed by atoms with Crippen molar-refractivity contribution < 1.29 is 23.8 Å². The Hall–Kier alpha value is -1.26. The Morgan fingerprint density at radius 1 is 1.32 bits per heavy atom. The maximum atomic E-state index is 12.1. The van der Waals surface area contributed by atoms with E-state index in [1.807, 2.05) is 20.8 Å². The van der Waals surface area contributed by atoms with Crippen molar-refractivity contribution in [1.82, 2.24) is 0 Å². The van der Waals surface area contributed by atoms with Crippen LogP contribution >= 0.6 is 0 Å². The van der Waals surface area contributed by atoms with Crippen molar-refractivity contribution >= 4 is 12.1 Å². The lowest BCUT2D eigenvalue weighted by Gasteiger charge is -2.30. The van der Waals surface area contributed by atoms with Crippen LogP contribution in [-0.2, 0) is 19.0 Å². The van der Waals surface area contributed by atoms with E-state index in [2.05, 4.69) is 0 Å². The Morgan fingerprint density at radius 2 is 2.00 bits per heavy atom. The minimum absolute atomic E-state index is 0.109. The van der Waals surface area contributed by atoms with Crippen LogP contribution in [0.25, 0.3) is 0 Å². The van der Waals surface area contributed by atoms with Crippen molar-refractivity contribution in [2.45, 2.75) is 58.3 Å². The molecule has 5 unspecified atom stereocenters. The molecule has 2 aliphatic carbocycles. The molecule has 0 aromatic carbocycles. The van der Waals surface area contributed by atoms with Gasteiger partial charge in [-0.3, -0.25) is 4.79 Å². The summed E-state index contributed by atoms with van der Waals surface area (Å²) in [5, 5.41) is 0. The fourth-order valence-electron chi connectivity index (χ4n) is 3.34. The van der Waals surface area contributed by atoms with E-state index in [0.29, 0.717) is 0 Å². The molecule has 5 heteroatoms. The van der Waals surface area contributed by atoms with Crippen LogP contribution in [0, 0.1) is 17.3 Å². The lowest BCUT2D eigenvalue weighted by molar-refractivity contribution is -0.164. The van der Waals surface area contributed by atoms with Crippen LogP contribution in [0.3, 0.4) is 0 Å². The van der Waals surface area contributed by atoms with Crippen molar-refractivity contribution in [3.63, 3.8) is 0 Å². The van der Waals surface area contributed by atoms with Crippen LogP contribution in [0.5, 0.6) is 0 Å². The van der Waals surface area contributed by atoms with Gasteiger partial charge in [-0.05, 0) is 33.1 Å². The highest BCUT2D eigenvalue weighted by atomic mass is 16.8. The molecule has 2 saturated carbocycles. The van der Waals surface area contributed by atoms with Crippen molar-refractivity contribution in [3.05, 3.63) is 0 Å². The van der Waals surface area contributed by atoms with Gasteiger partial charge in [0.25, 0.3) is 0 Å². The summed E-state index contributed by atoms with van der Waals surface area (Å²) in [6.07, 6.45) is 1.42. The molecule has 106 valence electrons. The zero-order valence-corrected chi connectivity index (χ0v) is 11.5. The maximum absolute atomic E-state index is 12.1.